The minimum absolute atomic E-state index is 0.0827. The monoisotopic (exact) mass is 357 g/mol. The summed E-state index contributed by atoms with van der Waals surface area (Å²) in [7, 11) is -4.75. The number of carbonyl (C=O) groups is 1. The number of hydrogen-bond donors (Lipinski definition) is 0. The molecule has 6 nitrogen and oxygen atoms in total. The van der Waals surface area contributed by atoms with Crippen LogP contribution in [0.15, 0.2) is 10.8 Å². The van der Waals surface area contributed by atoms with Crippen molar-refractivity contribution in [3.8, 4) is 0 Å². The van der Waals surface area contributed by atoms with Crippen molar-refractivity contribution in [2.45, 2.75) is 11.7 Å². The third-order valence-corrected chi connectivity index (χ3v) is 4.83. The fraction of sp³-hybridized carbons (Fsp3) is 0.375. The number of rotatable bonds is 2. The van der Waals surface area contributed by atoms with E-state index in [2.05, 4.69) is 25.9 Å². The van der Waals surface area contributed by atoms with Gasteiger partial charge < -0.3 is 0 Å². The van der Waals surface area contributed by atoms with Crippen LogP contribution in [0.3, 0.4) is 0 Å². The normalized spacial score (nSPS) is 20.5. The molecule has 1 atom stereocenters. The lowest BCUT2D eigenvalue weighted by molar-refractivity contribution is -0.117. The second-order valence-corrected chi connectivity index (χ2v) is 6.38. The molecule has 2 rings (SSSR count). The van der Waals surface area contributed by atoms with E-state index in [0.29, 0.717) is 0 Å². The zero-order valence-electron chi connectivity index (χ0n) is 8.68. The Morgan fingerprint density at radius 1 is 1.50 bits per heavy atom. The SMILES string of the molecule is O=C1CC(S(=O)(=O)F)CN1c1ncnc(Cl)c1Br. The maximum absolute atomic E-state index is 12.9. The molecule has 0 aromatic carbocycles. The number of anilines is 1. The molecular weight excluding hydrogens is 353 g/mol. The van der Waals surface area contributed by atoms with Crippen LogP contribution in [0, 0.1) is 0 Å². The van der Waals surface area contributed by atoms with Crippen LogP contribution in [-0.2, 0) is 15.0 Å². The Labute approximate surface area is 116 Å². The van der Waals surface area contributed by atoms with Gasteiger partial charge >= 0.3 is 10.2 Å². The second kappa shape index (κ2) is 4.71. The highest BCUT2D eigenvalue weighted by Crippen LogP contribution is 2.32. The molecule has 0 spiro atoms. The summed E-state index contributed by atoms with van der Waals surface area (Å²) < 4.78 is 34.7. The molecule has 2 heterocycles. The van der Waals surface area contributed by atoms with Gasteiger partial charge in [0.2, 0.25) is 5.91 Å². The van der Waals surface area contributed by atoms with Crippen molar-refractivity contribution in [3.05, 3.63) is 16.0 Å². The maximum Gasteiger partial charge on any atom is 0.307 e. The van der Waals surface area contributed by atoms with Crippen LogP contribution < -0.4 is 4.90 Å². The molecule has 1 fully saturated rings. The molecule has 1 amide bonds. The Morgan fingerprint density at radius 3 is 2.72 bits per heavy atom. The third kappa shape index (κ3) is 2.47. The summed E-state index contributed by atoms with van der Waals surface area (Å²) in [5, 5.41) is -1.29. The fourth-order valence-corrected chi connectivity index (χ4v) is 2.81. The number of nitrogens with zero attached hydrogens (tertiary/aromatic N) is 3. The van der Waals surface area contributed by atoms with Gasteiger partial charge in [0.15, 0.2) is 5.82 Å². The fourth-order valence-electron chi connectivity index (χ4n) is 1.60. The average Bonchev–Trinajstić information content (AvgIpc) is 2.64. The van der Waals surface area contributed by atoms with E-state index in [4.69, 9.17) is 11.6 Å². The number of hydrogen-bond acceptors (Lipinski definition) is 5. The van der Waals surface area contributed by atoms with Gasteiger partial charge in [-0.2, -0.15) is 8.42 Å². The summed E-state index contributed by atoms with van der Waals surface area (Å²) in [6, 6.07) is 0. The lowest BCUT2D eigenvalue weighted by atomic mass is 10.4. The largest absolute Gasteiger partial charge is 0.307 e. The van der Waals surface area contributed by atoms with Crippen molar-refractivity contribution < 1.29 is 17.1 Å². The Bertz CT molecular complexity index is 612. The highest BCUT2D eigenvalue weighted by molar-refractivity contribution is 9.10. The Morgan fingerprint density at radius 2 is 2.17 bits per heavy atom. The van der Waals surface area contributed by atoms with Crippen LogP contribution in [-0.4, -0.2) is 36.1 Å². The third-order valence-electron chi connectivity index (χ3n) is 2.47. The molecule has 1 aromatic rings. The van der Waals surface area contributed by atoms with Gasteiger partial charge in [0.25, 0.3) is 0 Å². The molecule has 1 saturated heterocycles. The van der Waals surface area contributed by atoms with Crippen LogP contribution in [0.1, 0.15) is 6.42 Å². The highest BCUT2D eigenvalue weighted by Gasteiger charge is 2.40. The predicted octanol–water partition coefficient (Wildman–Crippen LogP) is 1.30. The Balaban J connectivity index is 2.36. The van der Waals surface area contributed by atoms with Gasteiger partial charge in [-0.3, -0.25) is 9.69 Å². The van der Waals surface area contributed by atoms with Crippen molar-refractivity contribution in [3.63, 3.8) is 0 Å². The molecule has 98 valence electrons. The zero-order chi connectivity index (χ0) is 13.5. The van der Waals surface area contributed by atoms with E-state index in [0.717, 1.165) is 11.2 Å². The minimum atomic E-state index is -4.75. The van der Waals surface area contributed by atoms with E-state index in [1.807, 2.05) is 0 Å². The average molecular weight is 359 g/mol. The van der Waals surface area contributed by atoms with Gasteiger partial charge in [0.1, 0.15) is 16.7 Å². The van der Waals surface area contributed by atoms with Crippen molar-refractivity contribution in [2.24, 2.45) is 0 Å². The molecule has 1 unspecified atom stereocenters. The number of aromatic nitrogens is 2. The molecule has 18 heavy (non-hydrogen) atoms. The lowest BCUT2D eigenvalue weighted by Crippen LogP contribution is -2.28. The van der Waals surface area contributed by atoms with E-state index in [1.165, 1.54) is 0 Å². The van der Waals surface area contributed by atoms with Crippen molar-refractivity contribution in [1.29, 1.82) is 0 Å². The van der Waals surface area contributed by atoms with E-state index in [-0.39, 0.29) is 22.0 Å². The van der Waals surface area contributed by atoms with Crippen LogP contribution >= 0.6 is 27.5 Å². The van der Waals surface area contributed by atoms with Gasteiger partial charge in [-0.15, -0.1) is 3.89 Å². The molecule has 0 radical (unpaired) electrons. The van der Waals surface area contributed by atoms with Crippen LogP contribution in [0.2, 0.25) is 5.15 Å². The predicted molar refractivity (Wildman–Crippen MR) is 65.5 cm³/mol. The highest BCUT2D eigenvalue weighted by atomic mass is 79.9. The van der Waals surface area contributed by atoms with E-state index in [1.54, 1.807) is 0 Å². The van der Waals surface area contributed by atoms with Gasteiger partial charge in [0, 0.05) is 13.0 Å². The van der Waals surface area contributed by atoms with E-state index >= 15 is 0 Å². The standard InChI is InChI=1S/C8H6BrClFN3O3S/c9-6-7(10)12-3-13-8(6)14-2-4(1-5(14)15)18(11,16)17/h3-4H,1-2H2. The van der Waals surface area contributed by atoms with Crippen molar-refractivity contribution in [1.82, 2.24) is 9.97 Å². The summed E-state index contributed by atoms with van der Waals surface area (Å²) in [4.78, 5) is 20.2. The first kappa shape index (κ1) is 13.6. The zero-order valence-corrected chi connectivity index (χ0v) is 11.8. The second-order valence-electron chi connectivity index (χ2n) is 3.61. The summed E-state index contributed by atoms with van der Waals surface area (Å²) in [5.41, 5.74) is 0. The van der Waals surface area contributed by atoms with E-state index in [9.17, 15) is 17.1 Å². The first-order valence-electron chi connectivity index (χ1n) is 4.70. The molecule has 1 aromatic heterocycles. The maximum atomic E-state index is 12.9. The van der Waals surface area contributed by atoms with Gasteiger partial charge in [-0.25, -0.2) is 9.97 Å². The Hall–Kier alpha value is -0.800. The topological polar surface area (TPSA) is 80.2 Å². The van der Waals surface area contributed by atoms with Crippen LogP contribution in [0.4, 0.5) is 9.70 Å². The smallest absolute Gasteiger partial charge is 0.294 e. The van der Waals surface area contributed by atoms with Gasteiger partial charge in [-0.05, 0) is 15.9 Å². The lowest BCUT2D eigenvalue weighted by Gasteiger charge is -2.16. The molecule has 1 aliphatic rings. The van der Waals surface area contributed by atoms with Gasteiger partial charge in [0.05, 0.1) is 4.47 Å². The molecule has 1 aliphatic heterocycles. The Kier molecular flexibility index (Phi) is 3.56. The van der Waals surface area contributed by atoms with Gasteiger partial charge in [-0.1, -0.05) is 11.6 Å². The van der Waals surface area contributed by atoms with E-state index < -0.39 is 27.8 Å². The number of halogens is 3. The quantitative estimate of drug-likeness (QED) is 0.588. The first-order chi connectivity index (χ1) is 8.30. The van der Waals surface area contributed by atoms with Crippen molar-refractivity contribution >= 4 is 49.5 Å². The molecule has 10 heteroatoms. The molecular formula is C8H6BrClFN3O3S. The minimum Gasteiger partial charge on any atom is -0.294 e. The molecule has 0 bridgehead atoms. The first-order valence-corrected chi connectivity index (χ1v) is 7.32. The van der Waals surface area contributed by atoms with Crippen LogP contribution in [0.25, 0.3) is 0 Å². The molecule has 0 aliphatic carbocycles. The summed E-state index contributed by atoms with van der Waals surface area (Å²) >= 11 is 8.83. The summed E-state index contributed by atoms with van der Waals surface area (Å²) in [6.07, 6.45) is 0.722. The number of carbonyl (C=O) groups excluding carboxylic acids is 1. The number of amides is 1. The molecule has 0 saturated carbocycles. The van der Waals surface area contributed by atoms with Crippen molar-refractivity contribution in [2.75, 3.05) is 11.4 Å². The summed E-state index contributed by atoms with van der Waals surface area (Å²) in [5.74, 6) is -0.400. The van der Waals surface area contributed by atoms with Crippen LogP contribution in [0.5, 0.6) is 0 Å². The summed E-state index contributed by atoms with van der Waals surface area (Å²) in [6.45, 7) is -0.288. The molecule has 0 N–H and O–H groups in total.